The van der Waals surface area contributed by atoms with Crippen LogP contribution in [0.4, 0.5) is 4.79 Å². The standard InChI is InChI=1S/C16H21NO3/c1-12(18)14-10-6-5-8-13(14)9-7-11-17-15(19)20-16(2,3)4/h5-6,8,10,12,18H,11H2,1-4H3,(H,17,19)/t12-/m0/s1. The molecule has 0 aromatic heterocycles. The zero-order valence-electron chi connectivity index (χ0n) is 12.4. The first-order chi connectivity index (χ1) is 9.29. The molecule has 2 N–H and O–H groups in total. The van der Waals surface area contributed by atoms with Gasteiger partial charge in [0.25, 0.3) is 0 Å². The van der Waals surface area contributed by atoms with Gasteiger partial charge in [-0.15, -0.1) is 0 Å². The molecule has 1 aromatic carbocycles. The molecule has 1 amide bonds. The third-order valence-electron chi connectivity index (χ3n) is 2.35. The minimum absolute atomic E-state index is 0.197. The van der Waals surface area contributed by atoms with Crippen LogP contribution in [0.15, 0.2) is 24.3 Å². The average molecular weight is 275 g/mol. The highest BCUT2D eigenvalue weighted by atomic mass is 16.6. The number of carbonyl (C=O) groups is 1. The summed E-state index contributed by atoms with van der Waals surface area (Å²) in [5.41, 5.74) is 1.02. The summed E-state index contributed by atoms with van der Waals surface area (Å²) in [5.74, 6) is 5.77. The number of amides is 1. The summed E-state index contributed by atoms with van der Waals surface area (Å²) < 4.78 is 5.09. The lowest BCUT2D eigenvalue weighted by molar-refractivity contribution is 0.0535. The van der Waals surface area contributed by atoms with E-state index in [0.717, 1.165) is 11.1 Å². The predicted octanol–water partition coefficient (Wildman–Crippen LogP) is 2.62. The van der Waals surface area contributed by atoms with Crippen molar-refractivity contribution in [1.82, 2.24) is 5.32 Å². The lowest BCUT2D eigenvalue weighted by atomic mass is 10.0. The monoisotopic (exact) mass is 275 g/mol. The fraction of sp³-hybridized carbons (Fsp3) is 0.438. The summed E-state index contributed by atoms with van der Waals surface area (Å²) >= 11 is 0. The van der Waals surface area contributed by atoms with E-state index in [9.17, 15) is 9.90 Å². The van der Waals surface area contributed by atoms with E-state index < -0.39 is 17.8 Å². The number of aliphatic hydroxyl groups excluding tert-OH is 1. The molecule has 20 heavy (non-hydrogen) atoms. The van der Waals surface area contributed by atoms with Crippen LogP contribution in [0.25, 0.3) is 0 Å². The van der Waals surface area contributed by atoms with Crippen molar-refractivity contribution in [2.24, 2.45) is 0 Å². The van der Waals surface area contributed by atoms with E-state index >= 15 is 0 Å². The second-order valence-electron chi connectivity index (χ2n) is 5.42. The number of aliphatic hydroxyl groups is 1. The first-order valence-corrected chi connectivity index (χ1v) is 6.52. The summed E-state index contributed by atoms with van der Waals surface area (Å²) in [6.45, 7) is 7.30. The Balaban J connectivity index is 2.58. The van der Waals surface area contributed by atoms with Crippen molar-refractivity contribution in [3.8, 4) is 11.8 Å². The van der Waals surface area contributed by atoms with Crippen molar-refractivity contribution in [2.45, 2.75) is 39.4 Å². The van der Waals surface area contributed by atoms with Gasteiger partial charge in [0.1, 0.15) is 5.60 Å². The number of alkyl carbamates (subject to hydrolysis) is 1. The average Bonchev–Trinajstić information content (AvgIpc) is 2.33. The zero-order chi connectivity index (χ0) is 15.2. The molecule has 0 radical (unpaired) electrons. The molecule has 0 aliphatic carbocycles. The second-order valence-corrected chi connectivity index (χ2v) is 5.42. The molecule has 4 nitrogen and oxygen atoms in total. The van der Waals surface area contributed by atoms with Gasteiger partial charge in [-0.2, -0.15) is 0 Å². The molecule has 0 spiro atoms. The van der Waals surface area contributed by atoms with Gasteiger partial charge < -0.3 is 15.2 Å². The summed E-state index contributed by atoms with van der Waals surface area (Å²) in [7, 11) is 0. The van der Waals surface area contributed by atoms with Gasteiger partial charge in [0, 0.05) is 5.56 Å². The SMILES string of the molecule is C[C@H](O)c1ccccc1C#CCNC(=O)OC(C)(C)C. The molecule has 0 saturated heterocycles. The summed E-state index contributed by atoms with van der Waals surface area (Å²) in [6, 6.07) is 7.38. The Kier molecular flexibility index (Phi) is 5.60. The quantitative estimate of drug-likeness (QED) is 0.816. The second kappa shape index (κ2) is 6.97. The first-order valence-electron chi connectivity index (χ1n) is 6.52. The minimum atomic E-state index is -0.570. The van der Waals surface area contributed by atoms with E-state index in [1.807, 2.05) is 24.3 Å². The maximum atomic E-state index is 11.4. The van der Waals surface area contributed by atoms with Gasteiger partial charge in [-0.05, 0) is 39.3 Å². The summed E-state index contributed by atoms with van der Waals surface area (Å²) in [4.78, 5) is 11.4. The number of nitrogens with one attached hydrogen (secondary N) is 1. The molecule has 0 aliphatic rings. The van der Waals surface area contributed by atoms with E-state index in [2.05, 4.69) is 17.2 Å². The third kappa shape index (κ3) is 5.77. The number of benzene rings is 1. The molecular formula is C16H21NO3. The van der Waals surface area contributed by atoms with Gasteiger partial charge in [0.2, 0.25) is 0 Å². The number of rotatable bonds is 2. The maximum absolute atomic E-state index is 11.4. The fourth-order valence-corrected chi connectivity index (χ4v) is 1.55. The number of ether oxygens (including phenoxy) is 1. The predicted molar refractivity (Wildman–Crippen MR) is 78.2 cm³/mol. The van der Waals surface area contributed by atoms with Crippen molar-refractivity contribution in [2.75, 3.05) is 6.54 Å². The Bertz CT molecular complexity index is 519. The Morgan fingerprint density at radius 2 is 2.05 bits per heavy atom. The van der Waals surface area contributed by atoms with Crippen LogP contribution >= 0.6 is 0 Å². The molecule has 1 rings (SSSR count). The van der Waals surface area contributed by atoms with E-state index in [1.54, 1.807) is 27.7 Å². The highest BCUT2D eigenvalue weighted by molar-refractivity contribution is 5.68. The van der Waals surface area contributed by atoms with Gasteiger partial charge >= 0.3 is 6.09 Å². The van der Waals surface area contributed by atoms with Crippen molar-refractivity contribution < 1.29 is 14.6 Å². The molecule has 4 heteroatoms. The van der Waals surface area contributed by atoms with E-state index in [-0.39, 0.29) is 6.54 Å². The third-order valence-corrected chi connectivity index (χ3v) is 2.35. The minimum Gasteiger partial charge on any atom is -0.444 e. The van der Waals surface area contributed by atoms with Crippen molar-refractivity contribution in [1.29, 1.82) is 0 Å². The van der Waals surface area contributed by atoms with Crippen LogP contribution in [-0.2, 0) is 4.74 Å². The fourth-order valence-electron chi connectivity index (χ4n) is 1.55. The molecular weight excluding hydrogens is 254 g/mol. The van der Waals surface area contributed by atoms with Gasteiger partial charge in [-0.1, -0.05) is 30.0 Å². The molecule has 0 fully saturated rings. The number of carbonyl (C=O) groups excluding carboxylic acids is 1. The zero-order valence-corrected chi connectivity index (χ0v) is 12.4. The Morgan fingerprint density at radius 3 is 2.65 bits per heavy atom. The highest BCUT2D eigenvalue weighted by Crippen LogP contribution is 2.15. The van der Waals surface area contributed by atoms with E-state index in [1.165, 1.54) is 0 Å². The summed E-state index contributed by atoms with van der Waals surface area (Å²) in [6.07, 6.45) is -1.06. The van der Waals surface area contributed by atoms with Crippen LogP contribution in [0.3, 0.4) is 0 Å². The molecule has 1 atom stereocenters. The smallest absolute Gasteiger partial charge is 0.408 e. The van der Waals surface area contributed by atoms with Gasteiger partial charge in [0.15, 0.2) is 0 Å². The molecule has 108 valence electrons. The molecule has 0 heterocycles. The Morgan fingerprint density at radius 1 is 1.40 bits per heavy atom. The van der Waals surface area contributed by atoms with Crippen molar-refractivity contribution >= 4 is 6.09 Å². The largest absolute Gasteiger partial charge is 0.444 e. The number of hydrogen-bond acceptors (Lipinski definition) is 3. The van der Waals surface area contributed by atoms with Crippen LogP contribution < -0.4 is 5.32 Å². The van der Waals surface area contributed by atoms with Crippen LogP contribution in [0.1, 0.15) is 44.9 Å². The van der Waals surface area contributed by atoms with Gasteiger partial charge in [-0.3, -0.25) is 0 Å². The lowest BCUT2D eigenvalue weighted by Crippen LogP contribution is -2.32. The van der Waals surface area contributed by atoms with E-state index in [4.69, 9.17) is 4.74 Å². The lowest BCUT2D eigenvalue weighted by Gasteiger charge is -2.19. The molecule has 0 bridgehead atoms. The topological polar surface area (TPSA) is 58.6 Å². The van der Waals surface area contributed by atoms with Crippen LogP contribution in [0, 0.1) is 11.8 Å². The van der Waals surface area contributed by atoms with Crippen LogP contribution in [0.5, 0.6) is 0 Å². The highest BCUT2D eigenvalue weighted by Gasteiger charge is 2.15. The van der Waals surface area contributed by atoms with E-state index in [0.29, 0.717) is 0 Å². The van der Waals surface area contributed by atoms with Gasteiger partial charge in [-0.25, -0.2) is 4.79 Å². The Labute approximate surface area is 120 Å². The van der Waals surface area contributed by atoms with Crippen LogP contribution in [-0.4, -0.2) is 23.3 Å². The molecule has 1 aromatic rings. The molecule has 0 aliphatic heterocycles. The first kappa shape index (κ1) is 16.1. The van der Waals surface area contributed by atoms with Crippen molar-refractivity contribution in [3.63, 3.8) is 0 Å². The number of hydrogen-bond donors (Lipinski definition) is 2. The van der Waals surface area contributed by atoms with Gasteiger partial charge in [0.05, 0.1) is 12.6 Å². The normalized spacial score (nSPS) is 12.1. The summed E-state index contributed by atoms with van der Waals surface area (Å²) in [5, 5.41) is 12.2. The van der Waals surface area contributed by atoms with Crippen LogP contribution in [0.2, 0.25) is 0 Å². The molecule has 0 saturated carbocycles. The van der Waals surface area contributed by atoms with Crippen molar-refractivity contribution in [3.05, 3.63) is 35.4 Å². The molecule has 0 unspecified atom stereocenters. The Hall–Kier alpha value is -1.99. The maximum Gasteiger partial charge on any atom is 0.408 e.